The number of carboxylic acid groups (broad SMARTS) is 1. The Morgan fingerprint density at radius 2 is 2.23 bits per heavy atom. The fraction of sp³-hybridized carbons (Fsp3) is 0.688. The predicted octanol–water partition coefficient (Wildman–Crippen LogP) is 1.83. The highest BCUT2D eigenvalue weighted by Crippen LogP contribution is 2.52. The van der Waals surface area contributed by atoms with Gasteiger partial charge in [0.1, 0.15) is 0 Å². The molecule has 6 nitrogen and oxygen atoms in total. The van der Waals surface area contributed by atoms with Gasteiger partial charge in [-0.1, -0.05) is 6.92 Å². The van der Waals surface area contributed by atoms with Gasteiger partial charge >= 0.3 is 5.97 Å². The van der Waals surface area contributed by atoms with Crippen molar-refractivity contribution in [3.05, 3.63) is 18.0 Å². The molecule has 22 heavy (non-hydrogen) atoms. The average Bonchev–Trinajstić information content (AvgIpc) is 3.17. The molecule has 3 rings (SSSR count). The van der Waals surface area contributed by atoms with Crippen molar-refractivity contribution >= 4 is 11.9 Å². The molecule has 0 radical (unpaired) electrons. The van der Waals surface area contributed by atoms with Crippen molar-refractivity contribution in [2.45, 2.75) is 64.6 Å². The number of rotatable bonds is 5. The normalized spacial score (nSPS) is 30.0. The van der Waals surface area contributed by atoms with Gasteiger partial charge in [-0.3, -0.25) is 14.3 Å². The molecule has 1 N–H and O–H groups in total. The Morgan fingerprint density at radius 3 is 2.77 bits per heavy atom. The summed E-state index contributed by atoms with van der Waals surface area (Å²) in [6.07, 6.45) is 5.06. The Balaban J connectivity index is 1.71. The third kappa shape index (κ3) is 2.12. The predicted molar refractivity (Wildman–Crippen MR) is 80.2 cm³/mol. The third-order valence-electron chi connectivity index (χ3n) is 5.55. The molecule has 0 spiro atoms. The molecule has 0 saturated carbocycles. The van der Waals surface area contributed by atoms with Crippen LogP contribution in [0.4, 0.5) is 0 Å². The first-order valence-corrected chi connectivity index (χ1v) is 8.02. The number of fused-ring (bicyclic) bond motifs is 2. The van der Waals surface area contributed by atoms with Crippen molar-refractivity contribution < 1.29 is 14.7 Å². The summed E-state index contributed by atoms with van der Waals surface area (Å²) >= 11 is 0. The van der Waals surface area contributed by atoms with Gasteiger partial charge in [-0.25, -0.2) is 0 Å². The lowest BCUT2D eigenvalue weighted by Gasteiger charge is -2.32. The van der Waals surface area contributed by atoms with E-state index in [1.807, 2.05) is 29.5 Å². The Morgan fingerprint density at radius 1 is 1.45 bits per heavy atom. The number of hydrogen-bond donors (Lipinski definition) is 1. The second-order valence-corrected chi connectivity index (χ2v) is 6.51. The number of carbonyl (C=O) groups is 2. The molecule has 0 unspecified atom stereocenters. The fourth-order valence-electron chi connectivity index (χ4n) is 4.28. The second-order valence-electron chi connectivity index (χ2n) is 6.51. The van der Waals surface area contributed by atoms with E-state index in [0.717, 1.165) is 18.5 Å². The summed E-state index contributed by atoms with van der Waals surface area (Å²) in [5.41, 5.74) is 0.297. The average molecular weight is 305 g/mol. The Kier molecular flexibility index (Phi) is 3.70. The maximum Gasteiger partial charge on any atom is 0.311 e. The van der Waals surface area contributed by atoms with Crippen LogP contribution in [-0.4, -0.2) is 43.7 Å². The zero-order chi connectivity index (χ0) is 15.9. The van der Waals surface area contributed by atoms with Crippen molar-refractivity contribution in [2.24, 2.45) is 5.41 Å². The number of carboxylic acids is 1. The lowest BCUT2D eigenvalue weighted by molar-refractivity contribution is -0.151. The van der Waals surface area contributed by atoms with Crippen LogP contribution in [0, 0.1) is 12.3 Å². The minimum absolute atomic E-state index is 0.0685. The monoisotopic (exact) mass is 305 g/mol. The molecule has 2 aliphatic heterocycles. The number of nitrogens with zero attached hydrogens (tertiary/aromatic N) is 3. The minimum atomic E-state index is -0.747. The van der Waals surface area contributed by atoms with Crippen LogP contribution in [0.15, 0.2) is 12.3 Å². The van der Waals surface area contributed by atoms with Crippen LogP contribution in [0.1, 0.15) is 44.7 Å². The summed E-state index contributed by atoms with van der Waals surface area (Å²) in [5, 5.41) is 13.8. The SMILES string of the molecule is CC[C@@]1(C(=O)O)C[C@@H]2CC[C@H]1N2C(=O)CCn1nccc1C. The van der Waals surface area contributed by atoms with E-state index >= 15 is 0 Å². The van der Waals surface area contributed by atoms with E-state index < -0.39 is 11.4 Å². The number of aromatic nitrogens is 2. The van der Waals surface area contributed by atoms with Gasteiger partial charge < -0.3 is 10.0 Å². The maximum atomic E-state index is 12.6. The van der Waals surface area contributed by atoms with Gasteiger partial charge in [0.05, 0.1) is 5.41 Å². The van der Waals surface area contributed by atoms with E-state index in [4.69, 9.17) is 0 Å². The van der Waals surface area contributed by atoms with Crippen molar-refractivity contribution in [3.8, 4) is 0 Å². The number of carbonyl (C=O) groups excluding carboxylic acids is 1. The van der Waals surface area contributed by atoms with Crippen LogP contribution in [-0.2, 0) is 16.1 Å². The molecule has 0 aliphatic carbocycles. The quantitative estimate of drug-likeness (QED) is 0.900. The van der Waals surface area contributed by atoms with Crippen LogP contribution in [0.5, 0.6) is 0 Å². The molecule has 6 heteroatoms. The number of amides is 1. The van der Waals surface area contributed by atoms with Gasteiger partial charge in [0.25, 0.3) is 0 Å². The molecule has 1 amide bonds. The number of hydrogen-bond acceptors (Lipinski definition) is 3. The number of aliphatic carboxylic acids is 1. The van der Waals surface area contributed by atoms with Gasteiger partial charge in [-0.05, 0) is 38.7 Å². The Bertz CT molecular complexity index is 597. The second kappa shape index (κ2) is 5.41. The molecule has 1 aromatic heterocycles. The summed E-state index contributed by atoms with van der Waals surface area (Å²) in [7, 11) is 0. The van der Waals surface area contributed by atoms with Gasteiger partial charge in [0.2, 0.25) is 5.91 Å². The Labute approximate surface area is 130 Å². The van der Waals surface area contributed by atoms with Crippen LogP contribution >= 0.6 is 0 Å². The maximum absolute atomic E-state index is 12.6. The molecule has 0 aromatic carbocycles. The van der Waals surface area contributed by atoms with Crippen LogP contribution in [0.2, 0.25) is 0 Å². The highest BCUT2D eigenvalue weighted by atomic mass is 16.4. The zero-order valence-electron chi connectivity index (χ0n) is 13.2. The van der Waals surface area contributed by atoms with Crippen LogP contribution < -0.4 is 0 Å². The summed E-state index contributed by atoms with van der Waals surface area (Å²) < 4.78 is 1.82. The van der Waals surface area contributed by atoms with E-state index in [0.29, 0.717) is 25.8 Å². The first kappa shape index (κ1) is 15.1. The molecule has 2 fully saturated rings. The summed E-state index contributed by atoms with van der Waals surface area (Å²) in [6, 6.07) is 1.88. The molecule has 2 bridgehead atoms. The largest absolute Gasteiger partial charge is 0.481 e. The summed E-state index contributed by atoms with van der Waals surface area (Å²) in [6.45, 7) is 4.44. The van der Waals surface area contributed by atoms with E-state index in [1.165, 1.54) is 0 Å². The van der Waals surface area contributed by atoms with Gasteiger partial charge in [-0.15, -0.1) is 0 Å². The fourth-order valence-corrected chi connectivity index (χ4v) is 4.28. The van der Waals surface area contributed by atoms with Crippen molar-refractivity contribution in [3.63, 3.8) is 0 Å². The van der Waals surface area contributed by atoms with E-state index in [1.54, 1.807) is 6.20 Å². The van der Waals surface area contributed by atoms with Gasteiger partial charge in [0.15, 0.2) is 0 Å². The molecule has 120 valence electrons. The molecule has 3 heterocycles. The van der Waals surface area contributed by atoms with E-state index in [9.17, 15) is 14.7 Å². The lowest BCUT2D eigenvalue weighted by Crippen LogP contribution is -2.44. The zero-order valence-corrected chi connectivity index (χ0v) is 13.2. The van der Waals surface area contributed by atoms with Crippen LogP contribution in [0.3, 0.4) is 0 Å². The van der Waals surface area contributed by atoms with Crippen molar-refractivity contribution in [1.82, 2.24) is 14.7 Å². The molecular weight excluding hydrogens is 282 g/mol. The van der Waals surface area contributed by atoms with E-state index in [-0.39, 0.29) is 18.0 Å². The highest BCUT2D eigenvalue weighted by Gasteiger charge is 2.60. The smallest absolute Gasteiger partial charge is 0.311 e. The highest BCUT2D eigenvalue weighted by molar-refractivity contribution is 5.82. The standard InChI is InChI=1S/C16H23N3O3/c1-3-16(15(21)22)10-12-4-5-13(16)19(12)14(20)7-9-18-11(2)6-8-17-18/h6,8,12-13H,3-5,7,9-10H2,1-2H3,(H,21,22)/t12-,13+,16+/m0/s1. The lowest BCUT2D eigenvalue weighted by atomic mass is 9.72. The third-order valence-corrected chi connectivity index (χ3v) is 5.55. The summed E-state index contributed by atoms with van der Waals surface area (Å²) in [4.78, 5) is 26.3. The first-order valence-electron chi connectivity index (χ1n) is 8.02. The topological polar surface area (TPSA) is 75.4 Å². The molecule has 2 saturated heterocycles. The number of aryl methyl sites for hydroxylation is 2. The molecule has 2 aliphatic rings. The van der Waals surface area contributed by atoms with Crippen LogP contribution in [0.25, 0.3) is 0 Å². The summed E-state index contributed by atoms with van der Waals surface area (Å²) in [5.74, 6) is -0.679. The minimum Gasteiger partial charge on any atom is -0.481 e. The van der Waals surface area contributed by atoms with Crippen molar-refractivity contribution in [1.29, 1.82) is 0 Å². The van der Waals surface area contributed by atoms with Crippen molar-refractivity contribution in [2.75, 3.05) is 0 Å². The van der Waals surface area contributed by atoms with Gasteiger partial charge in [0, 0.05) is 36.9 Å². The Hall–Kier alpha value is -1.85. The molecule has 3 atom stereocenters. The molecule has 1 aromatic rings. The first-order chi connectivity index (χ1) is 10.5. The van der Waals surface area contributed by atoms with E-state index in [2.05, 4.69) is 5.10 Å². The van der Waals surface area contributed by atoms with Gasteiger partial charge in [-0.2, -0.15) is 5.10 Å². The molecular formula is C16H23N3O3.